The molecule has 1 heterocycles. The van der Waals surface area contributed by atoms with Crippen molar-refractivity contribution in [1.82, 2.24) is 0 Å². The van der Waals surface area contributed by atoms with Crippen LogP contribution in [0.15, 0.2) is 60.7 Å². The molecule has 4 aliphatic carbocycles. The summed E-state index contributed by atoms with van der Waals surface area (Å²) < 4.78 is 5.98. The number of carbonyl (C=O) groups excluding carboxylic acids is 2. The average Bonchev–Trinajstić information content (AvgIpc) is 3.52. The Morgan fingerprint density at radius 2 is 1.26 bits per heavy atom. The van der Waals surface area contributed by atoms with Crippen molar-refractivity contribution in [3.63, 3.8) is 0 Å². The van der Waals surface area contributed by atoms with Crippen molar-refractivity contribution >= 4 is 17.5 Å². The number of anilines is 1. The molecular formula is C27H27NO3. The lowest BCUT2D eigenvalue weighted by Crippen LogP contribution is -2.40. The lowest BCUT2D eigenvalue weighted by atomic mass is 9.63. The van der Waals surface area contributed by atoms with Crippen LogP contribution in [-0.4, -0.2) is 11.8 Å². The SMILES string of the molecule is CC(C)(C)c1ccc(Oc2ccc(N3C(=O)[C@@H]4[C@@H]5C=C[C@H]([C@H]6C[C@H]56)[C@@H]4C3=O)cc2)cc1. The first-order valence-corrected chi connectivity index (χ1v) is 11.3. The summed E-state index contributed by atoms with van der Waals surface area (Å²) in [6.45, 7) is 6.55. The molecule has 158 valence electrons. The molecule has 2 amide bonds. The van der Waals surface area contributed by atoms with Gasteiger partial charge in [0.15, 0.2) is 0 Å². The maximum Gasteiger partial charge on any atom is 0.238 e. The second-order valence-corrected chi connectivity index (χ2v) is 10.5. The molecule has 2 aromatic rings. The lowest BCUT2D eigenvalue weighted by Gasteiger charge is -2.37. The number of amides is 2. The third-order valence-corrected chi connectivity index (χ3v) is 7.71. The predicted molar refractivity (Wildman–Crippen MR) is 119 cm³/mol. The summed E-state index contributed by atoms with van der Waals surface area (Å²) in [6.07, 6.45) is 5.59. The molecule has 0 aromatic heterocycles. The molecule has 4 heteroatoms. The smallest absolute Gasteiger partial charge is 0.238 e. The van der Waals surface area contributed by atoms with Crippen LogP contribution in [0.2, 0.25) is 0 Å². The minimum atomic E-state index is -0.163. The summed E-state index contributed by atoms with van der Waals surface area (Å²) in [5, 5.41) is 0. The Balaban J connectivity index is 1.21. The molecule has 0 N–H and O–H groups in total. The molecular weight excluding hydrogens is 386 g/mol. The molecule has 3 fully saturated rings. The normalized spacial score (nSPS) is 32.8. The fourth-order valence-corrected chi connectivity index (χ4v) is 6.03. The van der Waals surface area contributed by atoms with Gasteiger partial charge in [-0.05, 0) is 77.5 Å². The number of ether oxygens (including phenoxy) is 1. The van der Waals surface area contributed by atoms with Gasteiger partial charge in [0.05, 0.1) is 17.5 Å². The molecule has 0 spiro atoms. The number of benzene rings is 2. The van der Waals surface area contributed by atoms with Gasteiger partial charge in [-0.25, -0.2) is 0 Å². The van der Waals surface area contributed by atoms with Crippen LogP contribution < -0.4 is 9.64 Å². The maximum atomic E-state index is 13.2. The Morgan fingerprint density at radius 1 is 0.774 bits per heavy atom. The summed E-state index contributed by atoms with van der Waals surface area (Å²) in [7, 11) is 0. The van der Waals surface area contributed by atoms with Crippen LogP contribution in [0.4, 0.5) is 5.69 Å². The summed E-state index contributed by atoms with van der Waals surface area (Å²) >= 11 is 0. The Labute approximate surface area is 182 Å². The second kappa shape index (κ2) is 6.32. The Kier molecular flexibility index (Phi) is 3.84. The predicted octanol–water partition coefficient (Wildman–Crippen LogP) is 5.33. The fourth-order valence-electron chi connectivity index (χ4n) is 6.03. The second-order valence-electron chi connectivity index (χ2n) is 10.5. The van der Waals surface area contributed by atoms with Gasteiger partial charge in [0, 0.05) is 0 Å². The molecule has 2 aromatic carbocycles. The number of nitrogens with zero attached hydrogens (tertiary/aromatic N) is 1. The van der Waals surface area contributed by atoms with E-state index in [0.29, 0.717) is 23.3 Å². The van der Waals surface area contributed by atoms with Crippen molar-refractivity contribution in [1.29, 1.82) is 0 Å². The third-order valence-electron chi connectivity index (χ3n) is 7.71. The topological polar surface area (TPSA) is 46.6 Å². The average molecular weight is 414 g/mol. The summed E-state index contributed by atoms with van der Waals surface area (Å²) in [6, 6.07) is 15.4. The minimum absolute atomic E-state index is 0.0221. The van der Waals surface area contributed by atoms with E-state index in [9.17, 15) is 9.59 Å². The van der Waals surface area contributed by atoms with Crippen molar-refractivity contribution in [3.05, 3.63) is 66.2 Å². The number of carbonyl (C=O) groups is 2. The third kappa shape index (κ3) is 2.80. The van der Waals surface area contributed by atoms with Gasteiger partial charge in [-0.15, -0.1) is 0 Å². The first-order valence-electron chi connectivity index (χ1n) is 11.3. The number of imide groups is 1. The highest BCUT2D eigenvalue weighted by atomic mass is 16.5. The molecule has 6 atom stereocenters. The van der Waals surface area contributed by atoms with Gasteiger partial charge in [0.1, 0.15) is 11.5 Å². The highest BCUT2D eigenvalue weighted by molar-refractivity contribution is 6.22. The zero-order chi connectivity index (χ0) is 21.5. The van der Waals surface area contributed by atoms with E-state index < -0.39 is 0 Å². The minimum Gasteiger partial charge on any atom is -0.457 e. The molecule has 5 aliphatic rings. The van der Waals surface area contributed by atoms with E-state index in [2.05, 4.69) is 45.1 Å². The molecule has 2 bridgehead atoms. The molecule has 0 unspecified atom stereocenters. The van der Waals surface area contributed by atoms with E-state index in [0.717, 1.165) is 5.75 Å². The number of allylic oxidation sites excluding steroid dienone is 2. The van der Waals surface area contributed by atoms with Gasteiger partial charge in [0.25, 0.3) is 0 Å². The van der Waals surface area contributed by atoms with E-state index in [1.54, 1.807) is 0 Å². The standard InChI is InChI=1S/C27H27NO3/c1-27(2,3)15-4-8-17(9-5-15)31-18-10-6-16(7-11-18)28-25(29)23-19-12-13-20(22-14-21(19)22)24(23)26(28)30/h4-13,19-24H,14H2,1-3H3/t19-,20-,21-,22-,23-,24+/m1/s1. The van der Waals surface area contributed by atoms with Gasteiger partial charge >= 0.3 is 0 Å². The zero-order valence-electron chi connectivity index (χ0n) is 18.1. The van der Waals surface area contributed by atoms with E-state index in [1.165, 1.54) is 16.9 Å². The Morgan fingerprint density at radius 3 is 1.74 bits per heavy atom. The Bertz CT molecular complexity index is 1060. The Hall–Kier alpha value is -2.88. The van der Waals surface area contributed by atoms with Crippen LogP contribution >= 0.6 is 0 Å². The van der Waals surface area contributed by atoms with Gasteiger partial charge in [-0.3, -0.25) is 14.5 Å². The van der Waals surface area contributed by atoms with Crippen molar-refractivity contribution in [2.75, 3.05) is 4.90 Å². The van der Waals surface area contributed by atoms with Gasteiger partial charge in [-0.2, -0.15) is 0 Å². The molecule has 7 rings (SSSR count). The van der Waals surface area contributed by atoms with E-state index in [4.69, 9.17) is 4.74 Å². The first kappa shape index (κ1) is 18.9. The summed E-state index contributed by atoms with van der Waals surface area (Å²) in [5.41, 5.74) is 2.00. The monoisotopic (exact) mass is 413 g/mol. The number of rotatable bonds is 3. The summed E-state index contributed by atoms with van der Waals surface area (Å²) in [5.74, 6) is 2.82. The van der Waals surface area contributed by atoms with Gasteiger partial charge < -0.3 is 4.74 Å². The van der Waals surface area contributed by atoms with Crippen LogP contribution in [-0.2, 0) is 15.0 Å². The largest absolute Gasteiger partial charge is 0.457 e. The van der Waals surface area contributed by atoms with Crippen molar-refractivity contribution in [2.45, 2.75) is 32.6 Å². The molecule has 1 saturated heterocycles. The molecule has 31 heavy (non-hydrogen) atoms. The highest BCUT2D eigenvalue weighted by Crippen LogP contribution is 2.65. The number of hydrogen-bond donors (Lipinski definition) is 0. The summed E-state index contributed by atoms with van der Waals surface area (Å²) in [4.78, 5) is 27.9. The van der Waals surface area contributed by atoms with Gasteiger partial charge in [0.2, 0.25) is 11.8 Å². The quantitative estimate of drug-likeness (QED) is 0.504. The number of hydrogen-bond acceptors (Lipinski definition) is 3. The highest BCUT2D eigenvalue weighted by Gasteiger charge is 2.67. The van der Waals surface area contributed by atoms with Crippen LogP contribution in [0.3, 0.4) is 0 Å². The molecule has 1 aliphatic heterocycles. The van der Waals surface area contributed by atoms with Crippen molar-refractivity contribution in [3.8, 4) is 11.5 Å². The van der Waals surface area contributed by atoms with Crippen molar-refractivity contribution < 1.29 is 14.3 Å². The van der Waals surface area contributed by atoms with Gasteiger partial charge in [-0.1, -0.05) is 45.1 Å². The van der Waals surface area contributed by atoms with E-state index >= 15 is 0 Å². The lowest BCUT2D eigenvalue weighted by molar-refractivity contribution is -0.124. The van der Waals surface area contributed by atoms with Crippen molar-refractivity contribution in [2.24, 2.45) is 35.5 Å². The van der Waals surface area contributed by atoms with E-state index in [-0.39, 0.29) is 40.9 Å². The maximum absolute atomic E-state index is 13.2. The zero-order valence-corrected chi connectivity index (χ0v) is 18.1. The molecule has 0 radical (unpaired) electrons. The molecule has 2 saturated carbocycles. The van der Waals surface area contributed by atoms with Crippen LogP contribution in [0, 0.1) is 35.5 Å². The van der Waals surface area contributed by atoms with Crippen LogP contribution in [0.5, 0.6) is 11.5 Å². The van der Waals surface area contributed by atoms with Crippen LogP contribution in [0.1, 0.15) is 32.8 Å². The first-order chi connectivity index (χ1) is 14.8. The molecule has 4 nitrogen and oxygen atoms in total. The fraction of sp³-hybridized carbons (Fsp3) is 0.407. The van der Waals surface area contributed by atoms with Crippen LogP contribution in [0.25, 0.3) is 0 Å². The van der Waals surface area contributed by atoms with E-state index in [1.807, 2.05) is 36.4 Å².